The Balaban J connectivity index is 0.000000521. The average Bonchev–Trinajstić information content (AvgIpc) is 3.31. The molecule has 1 aromatic heterocycles. The molecule has 3 aromatic carbocycles. The SMILES string of the molecule is CC(C)c1c(C=O)c(-c2ccccc2)c(-c2ccc(F)cc2)n1CCC(O)CC(=O)CC(=O)O.CNc1ccccc1. The molecule has 0 radical (unpaired) electrons. The molecule has 1 heterocycles. The van der Waals surface area contributed by atoms with Gasteiger partial charge in [-0.05, 0) is 59.9 Å². The number of carboxylic acids is 1. The Morgan fingerprint density at radius 2 is 1.52 bits per heavy atom. The van der Waals surface area contributed by atoms with E-state index in [1.54, 1.807) is 12.1 Å². The predicted octanol–water partition coefficient (Wildman–Crippen LogP) is 6.81. The second kappa shape index (κ2) is 15.4. The van der Waals surface area contributed by atoms with Crippen LogP contribution in [0.25, 0.3) is 22.4 Å². The summed E-state index contributed by atoms with van der Waals surface area (Å²) in [4.78, 5) is 34.9. The normalized spacial score (nSPS) is 11.4. The molecule has 0 bridgehead atoms. The number of nitrogens with zero attached hydrogens (tertiary/aromatic N) is 1. The number of aliphatic hydroxyl groups is 1. The number of aromatic nitrogens is 1. The number of hydrogen-bond donors (Lipinski definition) is 3. The van der Waals surface area contributed by atoms with Crippen molar-refractivity contribution in [2.75, 3.05) is 12.4 Å². The number of benzene rings is 3. The highest BCUT2D eigenvalue weighted by atomic mass is 19.1. The van der Waals surface area contributed by atoms with E-state index < -0.39 is 24.3 Å². The van der Waals surface area contributed by atoms with Crippen molar-refractivity contribution in [2.45, 2.75) is 51.7 Å². The maximum Gasteiger partial charge on any atom is 0.310 e. The van der Waals surface area contributed by atoms with Crippen LogP contribution in [-0.4, -0.2) is 46.0 Å². The fourth-order valence-electron chi connectivity index (χ4n) is 4.92. The number of para-hydroxylation sites is 1. The second-order valence-electron chi connectivity index (χ2n) is 10.2. The Labute approximate surface area is 245 Å². The molecular formula is C34H37FN2O5. The van der Waals surface area contributed by atoms with E-state index >= 15 is 0 Å². The van der Waals surface area contributed by atoms with Crippen molar-refractivity contribution in [3.8, 4) is 22.4 Å². The van der Waals surface area contributed by atoms with Crippen molar-refractivity contribution in [2.24, 2.45) is 0 Å². The summed E-state index contributed by atoms with van der Waals surface area (Å²) in [6.07, 6.45) is -0.918. The molecule has 4 aromatic rings. The maximum atomic E-state index is 13.7. The lowest BCUT2D eigenvalue weighted by molar-refractivity contribution is -0.140. The first-order valence-electron chi connectivity index (χ1n) is 13.8. The third-order valence-electron chi connectivity index (χ3n) is 6.75. The van der Waals surface area contributed by atoms with Crippen LogP contribution in [0.1, 0.15) is 55.1 Å². The summed E-state index contributed by atoms with van der Waals surface area (Å²) in [5, 5.41) is 22.2. The predicted molar refractivity (Wildman–Crippen MR) is 163 cm³/mol. The second-order valence-corrected chi connectivity index (χ2v) is 10.2. The van der Waals surface area contributed by atoms with Crippen LogP contribution in [0.15, 0.2) is 84.9 Å². The van der Waals surface area contributed by atoms with Crippen LogP contribution >= 0.6 is 0 Å². The van der Waals surface area contributed by atoms with E-state index in [0.29, 0.717) is 11.1 Å². The number of rotatable bonds is 12. The summed E-state index contributed by atoms with van der Waals surface area (Å²) >= 11 is 0. The Hall–Kier alpha value is -4.56. The van der Waals surface area contributed by atoms with Crippen molar-refractivity contribution in [3.05, 3.63) is 102 Å². The summed E-state index contributed by atoms with van der Waals surface area (Å²) in [5.41, 5.74) is 5.46. The molecule has 220 valence electrons. The first-order valence-corrected chi connectivity index (χ1v) is 13.8. The van der Waals surface area contributed by atoms with E-state index in [1.807, 2.05) is 86.1 Å². The van der Waals surface area contributed by atoms with Crippen molar-refractivity contribution in [1.82, 2.24) is 4.57 Å². The lowest BCUT2D eigenvalue weighted by Gasteiger charge is -2.18. The molecule has 4 rings (SSSR count). The summed E-state index contributed by atoms with van der Waals surface area (Å²) in [5.74, 6) is -2.20. The Kier molecular flexibility index (Phi) is 11.8. The molecule has 0 spiro atoms. The molecule has 0 aliphatic heterocycles. The van der Waals surface area contributed by atoms with Gasteiger partial charge in [0.25, 0.3) is 0 Å². The zero-order valence-corrected chi connectivity index (χ0v) is 24.1. The van der Waals surface area contributed by atoms with Gasteiger partial charge in [-0.15, -0.1) is 0 Å². The van der Waals surface area contributed by atoms with Gasteiger partial charge >= 0.3 is 5.97 Å². The van der Waals surface area contributed by atoms with Gasteiger partial charge in [-0.2, -0.15) is 0 Å². The highest BCUT2D eigenvalue weighted by Gasteiger charge is 2.27. The van der Waals surface area contributed by atoms with Crippen molar-refractivity contribution in [1.29, 1.82) is 0 Å². The first kappa shape index (κ1) is 32.0. The minimum Gasteiger partial charge on any atom is -0.481 e. The van der Waals surface area contributed by atoms with E-state index in [0.717, 1.165) is 34.5 Å². The van der Waals surface area contributed by atoms with Gasteiger partial charge in [0, 0.05) is 42.5 Å². The van der Waals surface area contributed by atoms with E-state index in [2.05, 4.69) is 5.32 Å². The molecule has 8 heteroatoms. The zero-order chi connectivity index (χ0) is 30.6. The van der Waals surface area contributed by atoms with E-state index in [4.69, 9.17) is 5.11 Å². The number of halogens is 1. The molecule has 0 aliphatic rings. The molecule has 1 atom stereocenters. The number of carbonyl (C=O) groups is 3. The lowest BCUT2D eigenvalue weighted by atomic mass is 9.96. The minimum atomic E-state index is -1.23. The summed E-state index contributed by atoms with van der Waals surface area (Å²) in [6.45, 7) is 4.22. The van der Waals surface area contributed by atoms with Gasteiger partial charge in [0.1, 0.15) is 18.0 Å². The van der Waals surface area contributed by atoms with Gasteiger partial charge in [0.05, 0.1) is 11.8 Å². The van der Waals surface area contributed by atoms with Gasteiger partial charge in [0.15, 0.2) is 6.29 Å². The smallest absolute Gasteiger partial charge is 0.310 e. The monoisotopic (exact) mass is 572 g/mol. The number of carboxylic acid groups (broad SMARTS) is 1. The first-order chi connectivity index (χ1) is 20.2. The number of anilines is 1. The standard InChI is InChI=1S/C27H28FNO5.C7H9N/c1-17(2)26-23(16-30)25(18-6-4-3-5-7-18)27(19-8-10-20(28)11-9-19)29(26)13-12-21(31)14-22(32)15-24(33)34;1-8-7-5-3-2-4-6-7/h3-11,16-17,21,31H,12-15H2,1-2H3,(H,33,34);2-6,8H,1H3. The van der Waals surface area contributed by atoms with Crippen LogP contribution in [-0.2, 0) is 16.1 Å². The van der Waals surface area contributed by atoms with Crippen LogP contribution < -0.4 is 5.32 Å². The molecule has 0 fully saturated rings. The quantitative estimate of drug-likeness (QED) is 0.127. The molecule has 3 N–H and O–H groups in total. The van der Waals surface area contributed by atoms with E-state index in [9.17, 15) is 23.9 Å². The molecule has 7 nitrogen and oxygen atoms in total. The van der Waals surface area contributed by atoms with Crippen molar-refractivity contribution < 1.29 is 29.0 Å². The molecule has 1 unspecified atom stereocenters. The highest BCUT2D eigenvalue weighted by molar-refractivity contribution is 5.97. The number of ketones is 1. The molecule has 0 saturated carbocycles. The lowest BCUT2D eigenvalue weighted by Crippen LogP contribution is -2.19. The number of nitrogens with one attached hydrogen (secondary N) is 1. The largest absolute Gasteiger partial charge is 0.481 e. The van der Waals surface area contributed by atoms with Crippen LogP contribution in [0, 0.1) is 5.82 Å². The maximum absolute atomic E-state index is 13.7. The van der Waals surface area contributed by atoms with Gasteiger partial charge in [0.2, 0.25) is 0 Å². The molecule has 0 aliphatic carbocycles. The summed E-state index contributed by atoms with van der Waals surface area (Å²) in [6, 6.07) is 25.5. The Bertz CT molecular complexity index is 1470. The van der Waals surface area contributed by atoms with E-state index in [-0.39, 0.29) is 31.1 Å². The van der Waals surface area contributed by atoms with Gasteiger partial charge < -0.3 is 20.1 Å². The molecule has 0 amide bonds. The highest BCUT2D eigenvalue weighted by Crippen LogP contribution is 2.41. The third kappa shape index (κ3) is 8.47. The number of aliphatic carboxylic acids is 1. The fourth-order valence-corrected chi connectivity index (χ4v) is 4.92. The molecule has 0 saturated heterocycles. The number of aliphatic hydroxyl groups excluding tert-OH is 1. The van der Waals surface area contributed by atoms with Gasteiger partial charge in [-0.1, -0.05) is 62.4 Å². The summed E-state index contributed by atoms with van der Waals surface area (Å²) in [7, 11) is 1.91. The summed E-state index contributed by atoms with van der Waals surface area (Å²) < 4.78 is 15.7. The van der Waals surface area contributed by atoms with Crippen LogP contribution in [0.5, 0.6) is 0 Å². The Morgan fingerprint density at radius 3 is 2.02 bits per heavy atom. The van der Waals surface area contributed by atoms with Crippen molar-refractivity contribution >= 4 is 23.7 Å². The van der Waals surface area contributed by atoms with Gasteiger partial charge in [-0.25, -0.2) is 4.39 Å². The van der Waals surface area contributed by atoms with Crippen LogP contribution in [0.3, 0.4) is 0 Å². The molecular weight excluding hydrogens is 535 g/mol. The third-order valence-corrected chi connectivity index (χ3v) is 6.75. The number of aldehydes is 1. The zero-order valence-electron chi connectivity index (χ0n) is 24.1. The van der Waals surface area contributed by atoms with Crippen molar-refractivity contribution in [3.63, 3.8) is 0 Å². The molecule has 42 heavy (non-hydrogen) atoms. The fraction of sp³-hybridized carbons (Fsp3) is 0.265. The average molecular weight is 573 g/mol. The van der Waals surface area contributed by atoms with E-state index in [1.165, 1.54) is 12.1 Å². The Morgan fingerprint density at radius 1 is 0.929 bits per heavy atom. The number of Topliss-reactive ketones (excluding diaryl/α,β-unsaturated/α-hetero) is 1. The topological polar surface area (TPSA) is 109 Å². The van der Waals surface area contributed by atoms with Crippen LogP contribution in [0.2, 0.25) is 0 Å². The minimum absolute atomic E-state index is 0.0392. The number of carbonyl (C=O) groups excluding carboxylic acids is 2. The number of hydrogen-bond acceptors (Lipinski definition) is 5. The van der Waals surface area contributed by atoms with Gasteiger partial charge in [-0.3, -0.25) is 14.4 Å². The van der Waals surface area contributed by atoms with Crippen LogP contribution in [0.4, 0.5) is 10.1 Å².